The third-order valence-electron chi connectivity index (χ3n) is 3.98. The molecular weight excluding hydrogens is 328 g/mol. The summed E-state index contributed by atoms with van der Waals surface area (Å²) in [5.74, 6) is 0.402. The van der Waals surface area contributed by atoms with Crippen LogP contribution in [0.15, 0.2) is 33.6 Å². The first-order valence-electron chi connectivity index (χ1n) is 6.62. The van der Waals surface area contributed by atoms with Gasteiger partial charge in [0.2, 0.25) is 0 Å². The van der Waals surface area contributed by atoms with Crippen molar-refractivity contribution < 1.29 is 13.5 Å². The van der Waals surface area contributed by atoms with E-state index in [0.29, 0.717) is 23.7 Å². The molecule has 0 heterocycles. The number of hydrogen-bond donors (Lipinski definition) is 1. The third-order valence-corrected chi connectivity index (χ3v) is 6.75. The Morgan fingerprint density at radius 3 is 2.47 bits per heavy atom. The molecule has 1 aromatic carbocycles. The molecular formula is C14H19BrO3S. The van der Waals surface area contributed by atoms with E-state index in [-0.39, 0.29) is 0 Å². The van der Waals surface area contributed by atoms with Crippen molar-refractivity contribution in [1.82, 2.24) is 0 Å². The fraction of sp³-hybridized carbons (Fsp3) is 0.571. The summed E-state index contributed by atoms with van der Waals surface area (Å²) in [7, 11) is -3.44. The predicted molar refractivity (Wildman–Crippen MR) is 78.8 cm³/mol. The molecule has 1 aliphatic carbocycles. The van der Waals surface area contributed by atoms with Crippen LogP contribution in [-0.4, -0.2) is 24.9 Å². The average Bonchev–Trinajstić information content (AvgIpc) is 2.39. The summed E-state index contributed by atoms with van der Waals surface area (Å²) in [6.07, 6.45) is 2.30. The van der Waals surface area contributed by atoms with Gasteiger partial charge in [-0.25, -0.2) is 8.42 Å². The molecule has 0 bridgehead atoms. The Morgan fingerprint density at radius 1 is 1.26 bits per heavy atom. The maximum atomic E-state index is 12.6. The standard InChI is InChI=1S/C14H19BrO3S/c1-2-10-3-8-13(16)14(9-10)19(17,18)12-6-4-11(15)5-7-12/h4-7,10,13-14,16H,2-3,8-9H2,1H3. The number of halogens is 1. The number of aliphatic hydroxyl groups is 1. The smallest absolute Gasteiger partial charge is 0.183 e. The topological polar surface area (TPSA) is 54.4 Å². The number of aliphatic hydroxyl groups excluding tert-OH is 1. The number of benzene rings is 1. The molecule has 0 amide bonds. The van der Waals surface area contributed by atoms with E-state index in [1.807, 2.05) is 0 Å². The van der Waals surface area contributed by atoms with Crippen LogP contribution in [-0.2, 0) is 9.84 Å². The van der Waals surface area contributed by atoms with Gasteiger partial charge in [0.15, 0.2) is 9.84 Å². The summed E-state index contributed by atoms with van der Waals surface area (Å²) in [5.41, 5.74) is 0. The van der Waals surface area contributed by atoms with Gasteiger partial charge in [0, 0.05) is 4.47 Å². The first kappa shape index (κ1) is 15.0. The Balaban J connectivity index is 2.29. The Kier molecular flexibility index (Phi) is 4.69. The molecule has 106 valence electrons. The highest BCUT2D eigenvalue weighted by atomic mass is 79.9. The van der Waals surface area contributed by atoms with Crippen molar-refractivity contribution in [1.29, 1.82) is 0 Å². The fourth-order valence-corrected chi connectivity index (χ4v) is 4.90. The summed E-state index contributed by atoms with van der Waals surface area (Å²) in [4.78, 5) is 0.302. The van der Waals surface area contributed by atoms with Crippen LogP contribution in [0.3, 0.4) is 0 Å². The van der Waals surface area contributed by atoms with E-state index in [1.54, 1.807) is 24.3 Å². The van der Waals surface area contributed by atoms with Gasteiger partial charge in [-0.1, -0.05) is 29.3 Å². The molecule has 1 fully saturated rings. The van der Waals surface area contributed by atoms with E-state index < -0.39 is 21.2 Å². The summed E-state index contributed by atoms with van der Waals surface area (Å²) >= 11 is 3.30. The zero-order chi connectivity index (χ0) is 14.0. The fourth-order valence-electron chi connectivity index (χ4n) is 2.70. The zero-order valence-electron chi connectivity index (χ0n) is 10.9. The SMILES string of the molecule is CCC1CCC(O)C(S(=O)(=O)c2ccc(Br)cc2)C1. The van der Waals surface area contributed by atoms with Crippen LogP contribution >= 0.6 is 15.9 Å². The summed E-state index contributed by atoms with van der Waals surface area (Å²) in [5, 5.41) is 9.39. The van der Waals surface area contributed by atoms with E-state index >= 15 is 0 Å². The minimum absolute atomic E-state index is 0.302. The Bertz CT molecular complexity index is 524. The highest BCUT2D eigenvalue weighted by molar-refractivity contribution is 9.10. The van der Waals surface area contributed by atoms with Crippen LogP contribution in [0.25, 0.3) is 0 Å². The second kappa shape index (κ2) is 5.94. The van der Waals surface area contributed by atoms with Crippen LogP contribution < -0.4 is 0 Å². The lowest BCUT2D eigenvalue weighted by Gasteiger charge is -2.32. The Morgan fingerprint density at radius 2 is 1.89 bits per heavy atom. The summed E-state index contributed by atoms with van der Waals surface area (Å²) in [6, 6.07) is 6.64. The third kappa shape index (κ3) is 3.20. The van der Waals surface area contributed by atoms with Crippen LogP contribution in [0, 0.1) is 5.92 Å². The molecule has 3 unspecified atom stereocenters. The molecule has 0 aromatic heterocycles. The zero-order valence-corrected chi connectivity index (χ0v) is 13.3. The molecule has 1 aromatic rings. The first-order chi connectivity index (χ1) is 8.95. The minimum Gasteiger partial charge on any atom is -0.392 e. The molecule has 5 heteroatoms. The second-order valence-electron chi connectivity index (χ2n) is 5.19. The maximum absolute atomic E-state index is 12.6. The number of rotatable bonds is 3. The predicted octanol–water partition coefficient (Wildman–Crippen LogP) is 3.16. The van der Waals surface area contributed by atoms with Crippen molar-refractivity contribution in [2.75, 3.05) is 0 Å². The van der Waals surface area contributed by atoms with Crippen molar-refractivity contribution in [2.45, 2.75) is 48.9 Å². The average molecular weight is 347 g/mol. The van der Waals surface area contributed by atoms with E-state index in [4.69, 9.17) is 0 Å². The van der Waals surface area contributed by atoms with Crippen molar-refractivity contribution in [2.24, 2.45) is 5.92 Å². The van der Waals surface area contributed by atoms with Crippen LogP contribution in [0.4, 0.5) is 0 Å². The van der Waals surface area contributed by atoms with Crippen molar-refractivity contribution >= 4 is 25.8 Å². The molecule has 3 atom stereocenters. The normalized spacial score (nSPS) is 28.3. The van der Waals surface area contributed by atoms with Gasteiger partial charge < -0.3 is 5.11 Å². The summed E-state index contributed by atoms with van der Waals surface area (Å²) < 4.78 is 26.0. The number of sulfone groups is 1. The van der Waals surface area contributed by atoms with Crippen molar-refractivity contribution in [3.63, 3.8) is 0 Å². The van der Waals surface area contributed by atoms with Crippen molar-refractivity contribution in [3.8, 4) is 0 Å². The van der Waals surface area contributed by atoms with E-state index in [9.17, 15) is 13.5 Å². The van der Waals surface area contributed by atoms with Gasteiger partial charge in [0.1, 0.15) is 0 Å². The minimum atomic E-state index is -3.44. The first-order valence-corrected chi connectivity index (χ1v) is 8.96. The molecule has 19 heavy (non-hydrogen) atoms. The molecule has 1 aliphatic rings. The van der Waals surface area contributed by atoms with E-state index in [1.165, 1.54) is 0 Å². The highest BCUT2D eigenvalue weighted by Crippen LogP contribution is 2.34. The van der Waals surface area contributed by atoms with E-state index in [0.717, 1.165) is 17.3 Å². The molecule has 0 spiro atoms. The van der Waals surface area contributed by atoms with Gasteiger partial charge in [0.05, 0.1) is 16.2 Å². The number of hydrogen-bond acceptors (Lipinski definition) is 3. The van der Waals surface area contributed by atoms with Crippen LogP contribution in [0.1, 0.15) is 32.6 Å². The van der Waals surface area contributed by atoms with Gasteiger partial charge in [-0.2, -0.15) is 0 Å². The van der Waals surface area contributed by atoms with Gasteiger partial charge in [-0.05, 0) is 49.4 Å². The molecule has 0 saturated heterocycles. The van der Waals surface area contributed by atoms with Gasteiger partial charge in [-0.3, -0.25) is 0 Å². The molecule has 0 aliphatic heterocycles. The quantitative estimate of drug-likeness (QED) is 0.914. The van der Waals surface area contributed by atoms with Gasteiger partial charge >= 0.3 is 0 Å². The molecule has 2 rings (SSSR count). The van der Waals surface area contributed by atoms with E-state index in [2.05, 4.69) is 22.9 Å². The molecule has 1 saturated carbocycles. The summed E-state index contributed by atoms with van der Waals surface area (Å²) in [6.45, 7) is 2.08. The Hall–Kier alpha value is -0.390. The Labute approximate surface area is 123 Å². The lowest BCUT2D eigenvalue weighted by Crippen LogP contribution is -2.39. The van der Waals surface area contributed by atoms with Crippen LogP contribution in [0.5, 0.6) is 0 Å². The van der Waals surface area contributed by atoms with Gasteiger partial charge in [0.25, 0.3) is 0 Å². The highest BCUT2D eigenvalue weighted by Gasteiger charge is 2.38. The largest absolute Gasteiger partial charge is 0.392 e. The van der Waals surface area contributed by atoms with Crippen LogP contribution in [0.2, 0.25) is 0 Å². The lowest BCUT2D eigenvalue weighted by atomic mass is 9.85. The monoisotopic (exact) mass is 346 g/mol. The lowest BCUT2D eigenvalue weighted by molar-refractivity contribution is 0.111. The molecule has 1 N–H and O–H groups in total. The second-order valence-corrected chi connectivity index (χ2v) is 8.27. The molecule has 0 radical (unpaired) electrons. The van der Waals surface area contributed by atoms with Gasteiger partial charge in [-0.15, -0.1) is 0 Å². The van der Waals surface area contributed by atoms with Crippen molar-refractivity contribution in [3.05, 3.63) is 28.7 Å². The maximum Gasteiger partial charge on any atom is 0.183 e. The molecule has 3 nitrogen and oxygen atoms in total.